The van der Waals surface area contributed by atoms with Gasteiger partial charge in [-0.1, -0.05) is 30.7 Å². The summed E-state index contributed by atoms with van der Waals surface area (Å²) in [5.74, 6) is -0.0160. The number of methoxy groups -OCH3 is 3. The number of rotatable bonds is 7. The number of carbonyl (C=O) groups excluding carboxylic acids is 2. The Kier molecular flexibility index (Phi) is 14.4. The van der Waals surface area contributed by atoms with Crippen molar-refractivity contribution in [3.8, 4) is 5.75 Å². The second-order valence-electron chi connectivity index (χ2n) is 16.4. The molecule has 7 rings (SSSR count). The number of ether oxygens (including phenoxy) is 4. The molecule has 4 heterocycles. The number of hydrogen-bond donors (Lipinski definition) is 2. The number of aryl methyl sites for hydroxylation is 1. The molecule has 5 aliphatic rings. The lowest BCUT2D eigenvalue weighted by molar-refractivity contribution is -0.135. The molecule has 1 aromatic heterocycles. The number of anilines is 1. The molecule has 1 amide bonds. The number of hydrogen-bond acceptors (Lipinski definition) is 12. The molecule has 1 saturated carbocycles. The quantitative estimate of drug-likeness (QED) is 0.301. The zero-order valence-electron chi connectivity index (χ0n) is 34.0. The van der Waals surface area contributed by atoms with Crippen LogP contribution in [0.3, 0.4) is 0 Å². The zero-order chi connectivity index (χ0) is 40.8. The van der Waals surface area contributed by atoms with Crippen molar-refractivity contribution in [2.45, 2.75) is 74.7 Å². The number of benzene rings is 1. The summed E-state index contributed by atoms with van der Waals surface area (Å²) >= 11 is 6.39. The molecular weight excluding hydrogens is 770 g/mol. The molecule has 2 aromatic rings. The fourth-order valence-electron chi connectivity index (χ4n) is 9.22. The average molecular weight is 830 g/mol. The van der Waals surface area contributed by atoms with Crippen LogP contribution in [0.4, 0.5) is 5.82 Å². The van der Waals surface area contributed by atoms with Crippen LogP contribution in [0.2, 0.25) is 5.02 Å². The number of halogens is 1. The van der Waals surface area contributed by atoms with E-state index >= 15 is 0 Å². The first-order valence-corrected chi connectivity index (χ1v) is 22.2. The second-order valence-corrected chi connectivity index (χ2v) is 18.9. The van der Waals surface area contributed by atoms with E-state index in [2.05, 4.69) is 25.9 Å². The number of nitrogens with one attached hydrogen (secondary N) is 2. The van der Waals surface area contributed by atoms with E-state index in [1.54, 1.807) is 40.4 Å². The molecule has 2 aliphatic carbocycles. The van der Waals surface area contributed by atoms with Crippen molar-refractivity contribution in [2.24, 2.45) is 17.8 Å². The molecule has 1 aromatic carbocycles. The van der Waals surface area contributed by atoms with Gasteiger partial charge in [-0.2, -0.15) is 0 Å². The lowest BCUT2D eigenvalue weighted by Gasteiger charge is -2.48. The van der Waals surface area contributed by atoms with Gasteiger partial charge in [-0.15, -0.1) is 0 Å². The molecule has 6 atom stereocenters. The van der Waals surface area contributed by atoms with E-state index in [0.717, 1.165) is 77.8 Å². The monoisotopic (exact) mass is 829 g/mol. The van der Waals surface area contributed by atoms with E-state index in [4.69, 9.17) is 35.5 Å². The van der Waals surface area contributed by atoms with Crippen molar-refractivity contribution >= 4 is 39.6 Å². The number of nitrogens with zero attached hydrogens (tertiary/aromatic N) is 3. The Morgan fingerprint density at radius 3 is 2.51 bits per heavy atom. The molecule has 0 unspecified atom stereocenters. The summed E-state index contributed by atoms with van der Waals surface area (Å²) in [7, 11) is 1.02. The predicted octanol–water partition coefficient (Wildman–Crippen LogP) is 4.42. The molecule has 57 heavy (non-hydrogen) atoms. The first kappa shape index (κ1) is 43.5. The summed E-state index contributed by atoms with van der Waals surface area (Å²) in [4.78, 5) is 35.4. The van der Waals surface area contributed by atoms with E-state index < -0.39 is 26.8 Å². The fraction of sp³-hybridized carbons (Fsp3) is 0.643. The van der Waals surface area contributed by atoms with Crippen molar-refractivity contribution in [3.05, 3.63) is 64.3 Å². The van der Waals surface area contributed by atoms with Crippen molar-refractivity contribution in [3.63, 3.8) is 0 Å². The highest BCUT2D eigenvalue weighted by atomic mass is 35.5. The SMILES string of the molecule is COCC(COC)N1CCNCC1.CO[C@@]1(C=O)/C=C/C[C@H](C)[C@@H](C)S(=O)(=O)NC(=O)c2ccc3c(n2)N(C[C@@H]2CC[C@H]21)C[C@@]1(CCCc2cc(Cl)ccc21)CO3. The minimum absolute atomic E-state index is 0.00355. The Labute approximate surface area is 343 Å². The van der Waals surface area contributed by atoms with Crippen LogP contribution < -0.4 is 19.7 Å². The maximum absolute atomic E-state index is 13.3. The van der Waals surface area contributed by atoms with Gasteiger partial charge in [-0.05, 0) is 98.8 Å². The number of sulfonamides is 1. The van der Waals surface area contributed by atoms with Gasteiger partial charge in [-0.3, -0.25) is 14.5 Å². The predicted molar refractivity (Wildman–Crippen MR) is 221 cm³/mol. The smallest absolute Gasteiger partial charge is 0.283 e. The van der Waals surface area contributed by atoms with E-state index in [-0.39, 0.29) is 28.9 Å². The van der Waals surface area contributed by atoms with Gasteiger partial charge in [-0.25, -0.2) is 18.1 Å². The summed E-state index contributed by atoms with van der Waals surface area (Å²) in [6.45, 7) is 10.8. The highest BCUT2D eigenvalue weighted by Crippen LogP contribution is 2.48. The normalized spacial score (nSPS) is 30.6. The molecule has 15 heteroatoms. The van der Waals surface area contributed by atoms with Crippen molar-refractivity contribution in [2.75, 3.05) is 85.3 Å². The van der Waals surface area contributed by atoms with Crippen molar-refractivity contribution < 1.29 is 37.0 Å². The summed E-state index contributed by atoms with van der Waals surface area (Å²) in [5.41, 5.74) is 0.943. The van der Waals surface area contributed by atoms with Crippen LogP contribution in [0.15, 0.2) is 42.5 Å². The van der Waals surface area contributed by atoms with E-state index in [1.807, 2.05) is 25.1 Å². The molecule has 0 radical (unpaired) electrons. The Balaban J connectivity index is 0.000000360. The number of allylic oxidation sites excluding steroid dienone is 1. The zero-order valence-corrected chi connectivity index (χ0v) is 35.6. The molecule has 1 saturated heterocycles. The third kappa shape index (κ3) is 9.53. The molecular formula is C42H60ClN5O8S. The number of piperazine rings is 1. The summed E-state index contributed by atoms with van der Waals surface area (Å²) in [5, 5.41) is 3.17. The van der Waals surface area contributed by atoms with Gasteiger partial charge >= 0.3 is 0 Å². The van der Waals surface area contributed by atoms with Crippen LogP contribution in [-0.2, 0) is 40.9 Å². The van der Waals surface area contributed by atoms with Crippen LogP contribution in [-0.4, -0.2) is 128 Å². The standard InChI is InChI=1S/C33H40ClN3O6S.C9H20N2O2/c1-21-6-4-15-33(19-38,42-3)27-10-8-24(27)17-37-18-32(14-5-7-23-16-25(34)9-11-26(23)32)20-43-29-13-12-28(35-30(29)37)31(39)36-44(40,41)22(21)2;1-12-7-9(8-13-2)11-5-3-10-4-6-11/h4,9,11-13,15-16,19,21-22,24,27H,5-8,10,14,17-18,20H2,1-3H3,(H,36,39);9-10H,3-8H2,1-2H3/b15-4+;/t21-,22+,24-,27+,32-,33+;/m0./s1. The first-order valence-electron chi connectivity index (χ1n) is 20.2. The molecule has 2 N–H and O–H groups in total. The Morgan fingerprint density at radius 1 is 1.09 bits per heavy atom. The number of aromatic nitrogens is 1. The van der Waals surface area contributed by atoms with Gasteiger partial charge < -0.3 is 29.2 Å². The topological polar surface area (TPSA) is 149 Å². The average Bonchev–Trinajstić information content (AvgIpc) is 3.35. The molecule has 314 valence electrons. The van der Waals surface area contributed by atoms with Gasteiger partial charge in [0.25, 0.3) is 5.91 Å². The third-order valence-corrected chi connectivity index (χ3v) is 15.0. The Morgan fingerprint density at radius 2 is 1.84 bits per heavy atom. The Hall–Kier alpha value is -3.11. The largest absolute Gasteiger partial charge is 0.489 e. The number of fused-ring (bicyclic) bond motifs is 4. The van der Waals surface area contributed by atoms with Crippen molar-refractivity contribution in [1.82, 2.24) is 19.9 Å². The Bertz CT molecular complexity index is 1850. The molecule has 3 aliphatic heterocycles. The number of amides is 1. The van der Waals surface area contributed by atoms with Gasteiger partial charge in [0.1, 0.15) is 11.3 Å². The fourth-order valence-corrected chi connectivity index (χ4v) is 10.7. The molecule has 2 fully saturated rings. The van der Waals surface area contributed by atoms with Crippen LogP contribution >= 0.6 is 11.6 Å². The highest BCUT2D eigenvalue weighted by Gasteiger charge is 2.49. The van der Waals surface area contributed by atoms with E-state index in [0.29, 0.717) is 48.7 Å². The molecule has 13 nitrogen and oxygen atoms in total. The minimum Gasteiger partial charge on any atom is -0.489 e. The summed E-state index contributed by atoms with van der Waals surface area (Å²) in [6.07, 6.45) is 9.48. The van der Waals surface area contributed by atoms with Crippen LogP contribution in [0, 0.1) is 17.8 Å². The van der Waals surface area contributed by atoms with Gasteiger partial charge in [0, 0.05) is 77.0 Å². The lowest BCUT2D eigenvalue weighted by atomic mass is 9.64. The summed E-state index contributed by atoms with van der Waals surface area (Å²) in [6, 6.07) is 9.71. The van der Waals surface area contributed by atoms with Crippen LogP contribution in [0.1, 0.15) is 67.6 Å². The van der Waals surface area contributed by atoms with Gasteiger partial charge in [0.15, 0.2) is 17.9 Å². The van der Waals surface area contributed by atoms with Crippen LogP contribution in [0.25, 0.3) is 0 Å². The van der Waals surface area contributed by atoms with Gasteiger partial charge in [0.05, 0.1) is 31.1 Å². The van der Waals surface area contributed by atoms with Crippen LogP contribution in [0.5, 0.6) is 5.75 Å². The maximum Gasteiger partial charge on any atom is 0.283 e. The van der Waals surface area contributed by atoms with E-state index in [1.165, 1.54) is 17.2 Å². The summed E-state index contributed by atoms with van der Waals surface area (Å²) < 4.78 is 51.5. The number of pyridine rings is 1. The lowest BCUT2D eigenvalue weighted by Crippen LogP contribution is -2.54. The third-order valence-electron chi connectivity index (χ3n) is 12.9. The highest BCUT2D eigenvalue weighted by molar-refractivity contribution is 7.90. The van der Waals surface area contributed by atoms with Gasteiger partial charge in [0.2, 0.25) is 10.0 Å². The number of carbonyl (C=O) groups is 2. The van der Waals surface area contributed by atoms with Crippen molar-refractivity contribution in [1.29, 1.82) is 0 Å². The second kappa shape index (κ2) is 18.9. The minimum atomic E-state index is -4.01. The molecule has 1 spiro atoms. The molecule has 2 bridgehead atoms. The van der Waals surface area contributed by atoms with E-state index in [9.17, 15) is 18.0 Å². The first-order chi connectivity index (χ1) is 27.4. The number of aldehydes is 1. The maximum atomic E-state index is 13.3.